The Morgan fingerprint density at radius 1 is 1.13 bits per heavy atom. The van der Waals surface area contributed by atoms with E-state index in [-0.39, 0.29) is 5.69 Å². The van der Waals surface area contributed by atoms with Crippen molar-refractivity contribution in [2.75, 3.05) is 43.4 Å². The summed E-state index contributed by atoms with van der Waals surface area (Å²) in [6.07, 6.45) is 2.88. The van der Waals surface area contributed by atoms with E-state index in [1.165, 1.54) is 24.1 Å². The number of hydrogen-bond donors (Lipinski definition) is 1. The molecule has 7 heteroatoms. The molecule has 1 fully saturated rings. The van der Waals surface area contributed by atoms with Gasteiger partial charge < -0.3 is 15.1 Å². The molecule has 0 spiro atoms. The van der Waals surface area contributed by atoms with E-state index in [1.807, 2.05) is 24.3 Å². The van der Waals surface area contributed by atoms with Gasteiger partial charge in [0.25, 0.3) is 5.69 Å². The molecule has 0 amide bonds. The summed E-state index contributed by atoms with van der Waals surface area (Å²) in [7, 11) is 2.13. The van der Waals surface area contributed by atoms with E-state index in [9.17, 15) is 10.1 Å². The lowest BCUT2D eigenvalue weighted by Crippen LogP contribution is -2.44. The van der Waals surface area contributed by atoms with Gasteiger partial charge in [-0.3, -0.25) is 15.1 Å². The molecule has 0 saturated carbocycles. The maximum Gasteiger partial charge on any atom is 0.295 e. The van der Waals surface area contributed by atoms with Crippen LogP contribution in [0.3, 0.4) is 0 Å². The molecule has 2 heterocycles. The summed E-state index contributed by atoms with van der Waals surface area (Å²) in [5, 5.41) is 14.1. The zero-order valence-corrected chi connectivity index (χ0v) is 13.0. The highest BCUT2D eigenvalue weighted by atomic mass is 16.6. The van der Waals surface area contributed by atoms with Crippen LogP contribution in [0.5, 0.6) is 0 Å². The Bertz CT molecular complexity index is 681. The summed E-state index contributed by atoms with van der Waals surface area (Å²) in [6.45, 7) is 4.14. The molecule has 0 radical (unpaired) electrons. The number of nitrogens with zero attached hydrogens (tertiary/aromatic N) is 4. The van der Waals surface area contributed by atoms with Crippen molar-refractivity contribution in [1.29, 1.82) is 0 Å². The minimum atomic E-state index is -0.414. The molecule has 1 aromatic heterocycles. The summed E-state index contributed by atoms with van der Waals surface area (Å²) < 4.78 is 0. The van der Waals surface area contributed by atoms with Gasteiger partial charge in [0, 0.05) is 49.8 Å². The van der Waals surface area contributed by atoms with Crippen LogP contribution in [0.2, 0.25) is 0 Å². The van der Waals surface area contributed by atoms with E-state index < -0.39 is 4.92 Å². The van der Waals surface area contributed by atoms with Crippen molar-refractivity contribution < 1.29 is 4.92 Å². The van der Waals surface area contributed by atoms with Crippen LogP contribution >= 0.6 is 0 Å². The Hall–Kier alpha value is -2.67. The van der Waals surface area contributed by atoms with Crippen LogP contribution in [0.4, 0.5) is 22.7 Å². The fourth-order valence-corrected chi connectivity index (χ4v) is 2.62. The Morgan fingerprint density at radius 2 is 1.83 bits per heavy atom. The summed E-state index contributed by atoms with van der Waals surface area (Å²) in [6, 6.07) is 9.33. The summed E-state index contributed by atoms with van der Waals surface area (Å²) in [4.78, 5) is 19.2. The van der Waals surface area contributed by atoms with Crippen molar-refractivity contribution in [3.8, 4) is 0 Å². The first-order valence-electron chi connectivity index (χ1n) is 7.52. The number of nitro groups is 1. The predicted octanol–water partition coefficient (Wildman–Crippen LogP) is 2.49. The van der Waals surface area contributed by atoms with E-state index in [1.54, 1.807) is 0 Å². The van der Waals surface area contributed by atoms with Gasteiger partial charge in [-0.2, -0.15) is 0 Å². The van der Waals surface area contributed by atoms with Crippen LogP contribution in [0.25, 0.3) is 0 Å². The predicted molar refractivity (Wildman–Crippen MR) is 90.3 cm³/mol. The van der Waals surface area contributed by atoms with Gasteiger partial charge in [0.05, 0.1) is 11.1 Å². The Labute approximate surface area is 134 Å². The van der Waals surface area contributed by atoms with Crippen molar-refractivity contribution in [1.82, 2.24) is 9.88 Å². The smallest absolute Gasteiger partial charge is 0.295 e. The van der Waals surface area contributed by atoms with Gasteiger partial charge in [-0.1, -0.05) is 0 Å². The second-order valence-corrected chi connectivity index (χ2v) is 5.61. The van der Waals surface area contributed by atoms with Gasteiger partial charge >= 0.3 is 0 Å². The molecule has 0 bridgehead atoms. The van der Waals surface area contributed by atoms with E-state index in [0.29, 0.717) is 5.69 Å². The second-order valence-electron chi connectivity index (χ2n) is 5.61. The molecule has 1 N–H and O–H groups in total. The quantitative estimate of drug-likeness (QED) is 0.690. The molecule has 1 aliphatic heterocycles. The molecule has 3 rings (SSSR count). The fraction of sp³-hybridized carbons (Fsp3) is 0.312. The first-order valence-corrected chi connectivity index (χ1v) is 7.52. The first-order chi connectivity index (χ1) is 11.1. The van der Waals surface area contributed by atoms with Gasteiger partial charge in [-0.05, 0) is 31.3 Å². The highest BCUT2D eigenvalue weighted by molar-refractivity contribution is 5.69. The molecule has 1 aromatic carbocycles. The average molecular weight is 313 g/mol. The molecular formula is C16H19N5O2. The summed E-state index contributed by atoms with van der Waals surface area (Å²) in [5.74, 6) is 0. The highest BCUT2D eigenvalue weighted by Gasteiger charge is 2.15. The lowest BCUT2D eigenvalue weighted by Gasteiger charge is -2.34. The molecule has 23 heavy (non-hydrogen) atoms. The Morgan fingerprint density at radius 3 is 2.48 bits per heavy atom. The lowest BCUT2D eigenvalue weighted by molar-refractivity contribution is -0.384. The third-order valence-electron chi connectivity index (χ3n) is 4.01. The van der Waals surface area contributed by atoms with E-state index >= 15 is 0 Å². The highest BCUT2D eigenvalue weighted by Crippen LogP contribution is 2.27. The summed E-state index contributed by atoms with van der Waals surface area (Å²) in [5.41, 5.74) is 2.39. The van der Waals surface area contributed by atoms with Crippen LogP contribution in [0.1, 0.15) is 0 Å². The fourth-order valence-electron chi connectivity index (χ4n) is 2.62. The molecule has 1 saturated heterocycles. The van der Waals surface area contributed by atoms with Crippen LogP contribution in [0.15, 0.2) is 42.7 Å². The number of benzene rings is 1. The number of anilines is 3. The van der Waals surface area contributed by atoms with Crippen LogP contribution < -0.4 is 10.2 Å². The number of pyridine rings is 1. The van der Waals surface area contributed by atoms with Crippen LogP contribution in [0, 0.1) is 10.1 Å². The minimum Gasteiger partial charge on any atom is -0.369 e. The second kappa shape index (κ2) is 6.62. The standard InChI is InChI=1S/C16H19N5O2/c1-19-8-10-20(11-9-19)14-4-2-13(3-5-14)18-15-12-17-7-6-16(15)21(22)23/h2-7,12,18H,8-11H2,1H3. The molecule has 0 aliphatic carbocycles. The Balaban J connectivity index is 1.72. The largest absolute Gasteiger partial charge is 0.369 e. The van der Waals surface area contributed by atoms with Gasteiger partial charge in [0.2, 0.25) is 0 Å². The third kappa shape index (κ3) is 3.57. The van der Waals surface area contributed by atoms with E-state index in [4.69, 9.17) is 0 Å². The minimum absolute atomic E-state index is 0.0168. The number of hydrogen-bond acceptors (Lipinski definition) is 6. The number of rotatable bonds is 4. The molecule has 120 valence electrons. The third-order valence-corrected chi connectivity index (χ3v) is 4.01. The molecular weight excluding hydrogens is 294 g/mol. The molecule has 0 unspecified atom stereocenters. The monoisotopic (exact) mass is 313 g/mol. The molecule has 1 aliphatic rings. The zero-order chi connectivity index (χ0) is 16.2. The van der Waals surface area contributed by atoms with Gasteiger partial charge in [-0.25, -0.2) is 0 Å². The van der Waals surface area contributed by atoms with Crippen molar-refractivity contribution in [3.05, 3.63) is 52.8 Å². The van der Waals surface area contributed by atoms with Crippen molar-refractivity contribution in [3.63, 3.8) is 0 Å². The van der Waals surface area contributed by atoms with Crippen LogP contribution in [-0.4, -0.2) is 48.0 Å². The molecule has 2 aromatic rings. The average Bonchev–Trinajstić information content (AvgIpc) is 2.57. The topological polar surface area (TPSA) is 74.5 Å². The van der Waals surface area contributed by atoms with E-state index in [0.717, 1.165) is 31.9 Å². The maximum absolute atomic E-state index is 11.0. The lowest BCUT2D eigenvalue weighted by atomic mass is 10.2. The Kier molecular flexibility index (Phi) is 4.38. The number of likely N-dealkylation sites (N-methyl/N-ethyl adjacent to an activating group) is 1. The summed E-state index contributed by atoms with van der Waals surface area (Å²) >= 11 is 0. The van der Waals surface area contributed by atoms with E-state index in [2.05, 4.69) is 27.1 Å². The van der Waals surface area contributed by atoms with Crippen molar-refractivity contribution >= 4 is 22.7 Å². The van der Waals surface area contributed by atoms with Crippen molar-refractivity contribution in [2.24, 2.45) is 0 Å². The number of nitrogens with one attached hydrogen (secondary N) is 1. The van der Waals surface area contributed by atoms with Gasteiger partial charge in [-0.15, -0.1) is 0 Å². The maximum atomic E-state index is 11.0. The normalized spacial score (nSPS) is 15.4. The van der Waals surface area contributed by atoms with Gasteiger partial charge in [0.15, 0.2) is 0 Å². The molecule has 0 atom stereocenters. The van der Waals surface area contributed by atoms with Gasteiger partial charge in [0.1, 0.15) is 5.69 Å². The SMILES string of the molecule is CN1CCN(c2ccc(Nc3cnccc3[N+](=O)[O-])cc2)CC1. The zero-order valence-electron chi connectivity index (χ0n) is 13.0. The number of aromatic nitrogens is 1. The molecule has 7 nitrogen and oxygen atoms in total. The van der Waals surface area contributed by atoms with Crippen LogP contribution in [-0.2, 0) is 0 Å². The van der Waals surface area contributed by atoms with Crippen molar-refractivity contribution in [2.45, 2.75) is 0 Å². The first kappa shape index (κ1) is 15.2. The number of piperazine rings is 1.